The number of halogens is 1. The highest BCUT2D eigenvalue weighted by molar-refractivity contribution is 6.33. The summed E-state index contributed by atoms with van der Waals surface area (Å²) in [6, 6.07) is 1.53. The molecule has 1 aliphatic heterocycles. The molecule has 0 spiro atoms. The maximum Gasteiger partial charge on any atom is 0.314 e. The second-order valence-corrected chi connectivity index (χ2v) is 6.90. The van der Waals surface area contributed by atoms with Crippen LogP contribution in [0.4, 0.5) is 0 Å². The molecule has 2 N–H and O–H groups in total. The summed E-state index contributed by atoms with van der Waals surface area (Å²) in [7, 11) is 0. The van der Waals surface area contributed by atoms with E-state index in [1.54, 1.807) is 0 Å². The third-order valence-corrected chi connectivity index (χ3v) is 5.15. The Kier molecular flexibility index (Phi) is 4.29. The monoisotopic (exact) mass is 338 g/mol. The zero-order valence-corrected chi connectivity index (χ0v) is 13.4. The number of aromatic nitrogens is 1. The molecule has 1 saturated carbocycles. The molecular weight excluding hydrogens is 320 g/mol. The summed E-state index contributed by atoms with van der Waals surface area (Å²) in [5.41, 5.74) is -0.974. The highest BCUT2D eigenvalue weighted by Gasteiger charge is 2.52. The Balaban J connectivity index is 1.85. The summed E-state index contributed by atoms with van der Waals surface area (Å²) in [4.78, 5) is 29.9. The minimum Gasteiger partial charge on any atom is -0.481 e. The van der Waals surface area contributed by atoms with Crippen LogP contribution in [0, 0.1) is 11.3 Å². The fourth-order valence-electron chi connectivity index (χ4n) is 3.31. The molecule has 1 aromatic heterocycles. The number of hydrogen-bond donors (Lipinski definition) is 2. The SMILES string of the molecule is O=C(c1ccncc1Cl)N1CC[C@@H](O)[C@](CC2CC2)(C(=O)O)C1. The highest BCUT2D eigenvalue weighted by atomic mass is 35.5. The van der Waals surface area contributed by atoms with Crippen molar-refractivity contribution in [3.63, 3.8) is 0 Å². The Labute approximate surface area is 139 Å². The van der Waals surface area contributed by atoms with Gasteiger partial charge in [-0.15, -0.1) is 0 Å². The molecule has 2 fully saturated rings. The molecular formula is C16H19ClN2O4. The molecule has 3 rings (SSSR count). The van der Waals surface area contributed by atoms with Gasteiger partial charge in [0.05, 0.1) is 16.7 Å². The van der Waals surface area contributed by atoms with Crippen molar-refractivity contribution >= 4 is 23.5 Å². The second-order valence-electron chi connectivity index (χ2n) is 6.50. The molecule has 0 bridgehead atoms. The first-order valence-corrected chi connectivity index (χ1v) is 8.12. The van der Waals surface area contributed by atoms with Crippen LogP contribution in [0.3, 0.4) is 0 Å². The number of carboxylic acid groups (broad SMARTS) is 1. The molecule has 0 radical (unpaired) electrons. The van der Waals surface area contributed by atoms with Crippen LogP contribution in [-0.4, -0.2) is 51.2 Å². The van der Waals surface area contributed by atoms with Gasteiger partial charge in [-0.3, -0.25) is 14.6 Å². The molecule has 1 aliphatic carbocycles. The van der Waals surface area contributed by atoms with E-state index >= 15 is 0 Å². The van der Waals surface area contributed by atoms with E-state index in [-0.39, 0.29) is 23.9 Å². The maximum atomic E-state index is 12.7. The van der Waals surface area contributed by atoms with E-state index in [0.29, 0.717) is 24.4 Å². The van der Waals surface area contributed by atoms with E-state index < -0.39 is 17.5 Å². The number of pyridine rings is 1. The third kappa shape index (κ3) is 3.05. The first-order chi connectivity index (χ1) is 10.9. The lowest BCUT2D eigenvalue weighted by atomic mass is 9.73. The second kappa shape index (κ2) is 6.09. The number of rotatable bonds is 4. The summed E-state index contributed by atoms with van der Waals surface area (Å²) in [6.45, 7) is 0.329. The van der Waals surface area contributed by atoms with Gasteiger partial charge in [-0.05, 0) is 24.8 Å². The van der Waals surface area contributed by atoms with Crippen molar-refractivity contribution < 1.29 is 19.8 Å². The van der Waals surface area contributed by atoms with Gasteiger partial charge >= 0.3 is 5.97 Å². The van der Waals surface area contributed by atoms with Crippen LogP contribution in [0.5, 0.6) is 0 Å². The fourth-order valence-corrected chi connectivity index (χ4v) is 3.51. The van der Waals surface area contributed by atoms with Crippen LogP contribution >= 0.6 is 11.6 Å². The number of hydrogen-bond acceptors (Lipinski definition) is 4. The maximum absolute atomic E-state index is 12.7. The van der Waals surface area contributed by atoms with Gasteiger partial charge in [0, 0.05) is 25.5 Å². The minimum atomic E-state index is -1.28. The average Bonchev–Trinajstić information content (AvgIpc) is 3.33. The molecule has 6 nitrogen and oxygen atoms in total. The van der Waals surface area contributed by atoms with E-state index in [2.05, 4.69) is 4.98 Å². The van der Waals surface area contributed by atoms with E-state index in [1.807, 2.05) is 0 Å². The molecule has 2 atom stereocenters. The van der Waals surface area contributed by atoms with Crippen LogP contribution in [0.25, 0.3) is 0 Å². The molecule has 2 heterocycles. The molecule has 1 amide bonds. The summed E-state index contributed by atoms with van der Waals surface area (Å²) in [6.07, 6.45) is 4.59. The Hall–Kier alpha value is -1.66. The van der Waals surface area contributed by atoms with Crippen molar-refractivity contribution in [2.24, 2.45) is 11.3 Å². The van der Waals surface area contributed by atoms with E-state index in [1.165, 1.54) is 23.4 Å². The quantitative estimate of drug-likeness (QED) is 0.873. The molecule has 0 unspecified atom stereocenters. The van der Waals surface area contributed by atoms with Crippen LogP contribution in [0.2, 0.25) is 5.02 Å². The van der Waals surface area contributed by atoms with Crippen molar-refractivity contribution in [3.8, 4) is 0 Å². The van der Waals surface area contributed by atoms with Gasteiger partial charge in [-0.1, -0.05) is 24.4 Å². The molecule has 124 valence electrons. The predicted molar refractivity (Wildman–Crippen MR) is 83.2 cm³/mol. The number of amides is 1. The minimum absolute atomic E-state index is 0.0114. The van der Waals surface area contributed by atoms with Gasteiger partial charge in [-0.2, -0.15) is 0 Å². The van der Waals surface area contributed by atoms with Crippen LogP contribution in [0.15, 0.2) is 18.5 Å². The zero-order chi connectivity index (χ0) is 16.6. The number of likely N-dealkylation sites (tertiary alicyclic amines) is 1. The Morgan fingerprint density at radius 2 is 2.13 bits per heavy atom. The van der Waals surface area contributed by atoms with Gasteiger partial charge in [0.2, 0.25) is 0 Å². The molecule has 23 heavy (non-hydrogen) atoms. The van der Waals surface area contributed by atoms with Crippen molar-refractivity contribution in [1.82, 2.24) is 9.88 Å². The summed E-state index contributed by atoms with van der Waals surface area (Å²) < 4.78 is 0. The van der Waals surface area contributed by atoms with Crippen LogP contribution in [-0.2, 0) is 4.79 Å². The van der Waals surface area contributed by atoms with Crippen molar-refractivity contribution in [2.45, 2.75) is 31.8 Å². The number of aliphatic hydroxyl groups is 1. The number of carbonyl (C=O) groups is 2. The average molecular weight is 339 g/mol. The number of aliphatic carboxylic acids is 1. The predicted octanol–water partition coefficient (Wildman–Crippen LogP) is 1.81. The number of piperidine rings is 1. The largest absolute Gasteiger partial charge is 0.481 e. The fraction of sp³-hybridized carbons (Fsp3) is 0.562. The lowest BCUT2D eigenvalue weighted by Crippen LogP contribution is -2.57. The highest BCUT2D eigenvalue weighted by Crippen LogP contribution is 2.45. The van der Waals surface area contributed by atoms with Gasteiger partial charge in [0.15, 0.2) is 0 Å². The van der Waals surface area contributed by atoms with Gasteiger partial charge in [-0.25, -0.2) is 0 Å². The normalized spacial score (nSPS) is 27.7. The first-order valence-electron chi connectivity index (χ1n) is 7.74. The lowest BCUT2D eigenvalue weighted by molar-refractivity contribution is -0.163. The third-order valence-electron chi connectivity index (χ3n) is 4.85. The molecule has 7 heteroatoms. The smallest absolute Gasteiger partial charge is 0.314 e. The van der Waals surface area contributed by atoms with Crippen molar-refractivity contribution in [2.75, 3.05) is 13.1 Å². The van der Waals surface area contributed by atoms with Crippen molar-refractivity contribution in [1.29, 1.82) is 0 Å². The summed E-state index contributed by atoms with van der Waals surface area (Å²) in [5.74, 6) is -1.01. The van der Waals surface area contributed by atoms with Gasteiger partial charge in [0.25, 0.3) is 5.91 Å². The Bertz CT molecular complexity index is 634. The van der Waals surface area contributed by atoms with E-state index in [9.17, 15) is 19.8 Å². The lowest BCUT2D eigenvalue weighted by Gasteiger charge is -2.43. The molecule has 1 saturated heterocycles. The molecule has 0 aromatic carbocycles. The molecule has 1 aromatic rings. The van der Waals surface area contributed by atoms with Crippen LogP contribution < -0.4 is 0 Å². The summed E-state index contributed by atoms with van der Waals surface area (Å²) >= 11 is 6.02. The topological polar surface area (TPSA) is 90.7 Å². The standard InChI is InChI=1S/C16H19ClN2O4/c17-12-8-18-5-3-11(12)14(21)19-6-4-13(20)16(9-19,15(22)23)7-10-1-2-10/h3,5,8,10,13,20H,1-2,4,6-7,9H2,(H,22,23)/t13-,16-/m1/s1. The number of carbonyl (C=O) groups excluding carboxylic acids is 1. The zero-order valence-electron chi connectivity index (χ0n) is 12.6. The number of carboxylic acids is 1. The van der Waals surface area contributed by atoms with Crippen molar-refractivity contribution in [3.05, 3.63) is 29.0 Å². The number of nitrogens with zero attached hydrogens (tertiary/aromatic N) is 2. The Morgan fingerprint density at radius 1 is 1.39 bits per heavy atom. The van der Waals surface area contributed by atoms with Crippen LogP contribution in [0.1, 0.15) is 36.0 Å². The van der Waals surface area contributed by atoms with E-state index in [0.717, 1.165) is 12.8 Å². The van der Waals surface area contributed by atoms with Gasteiger partial charge in [0.1, 0.15) is 5.41 Å². The summed E-state index contributed by atoms with van der Waals surface area (Å²) in [5, 5.41) is 20.3. The Morgan fingerprint density at radius 3 is 2.74 bits per heavy atom. The molecule has 2 aliphatic rings. The number of aliphatic hydroxyl groups excluding tert-OH is 1. The first kappa shape index (κ1) is 16.2. The van der Waals surface area contributed by atoms with Gasteiger partial charge < -0.3 is 15.1 Å². The van der Waals surface area contributed by atoms with E-state index in [4.69, 9.17) is 11.6 Å².